The Kier molecular flexibility index (Phi) is 5.70. The van der Waals surface area contributed by atoms with E-state index in [-0.39, 0.29) is 11.3 Å². The smallest absolute Gasteiger partial charge is 0.335 e. The molecule has 3 fully saturated rings. The number of carboxylic acid groups (broad SMARTS) is 1. The summed E-state index contributed by atoms with van der Waals surface area (Å²) in [6.45, 7) is 2.10. The van der Waals surface area contributed by atoms with Crippen LogP contribution >= 0.6 is 0 Å². The summed E-state index contributed by atoms with van der Waals surface area (Å²) in [6, 6.07) is 5.60. The van der Waals surface area contributed by atoms with Crippen LogP contribution in [-0.2, 0) is 16.0 Å². The first kappa shape index (κ1) is 23.0. The number of aryl methyl sites for hydroxylation is 1. The average Bonchev–Trinajstić information content (AvgIpc) is 3.02. The summed E-state index contributed by atoms with van der Waals surface area (Å²) in [5, 5.41) is 60.2. The largest absolute Gasteiger partial charge is 0.479 e. The summed E-state index contributed by atoms with van der Waals surface area (Å²) in [5.41, 5.74) is 2.08. The molecule has 5 rings (SSSR count). The van der Waals surface area contributed by atoms with E-state index in [1.165, 1.54) is 5.56 Å². The molecule has 0 spiro atoms. The first-order valence-electron chi connectivity index (χ1n) is 11.7. The van der Waals surface area contributed by atoms with E-state index in [1.54, 1.807) is 6.07 Å². The number of carbonyl (C=O) groups is 1. The fraction of sp³-hybridized carbons (Fsp3) is 0.708. The van der Waals surface area contributed by atoms with E-state index in [1.807, 2.05) is 12.1 Å². The van der Waals surface area contributed by atoms with Crippen LogP contribution in [0.15, 0.2) is 18.2 Å². The molecule has 1 saturated heterocycles. The van der Waals surface area contributed by atoms with Crippen LogP contribution in [0.4, 0.5) is 0 Å². The molecule has 33 heavy (non-hydrogen) atoms. The molecule has 4 aliphatic rings. The Balaban J connectivity index is 1.34. The van der Waals surface area contributed by atoms with E-state index in [0.29, 0.717) is 24.0 Å². The summed E-state index contributed by atoms with van der Waals surface area (Å²) >= 11 is 0. The second kappa shape index (κ2) is 8.18. The van der Waals surface area contributed by atoms with Gasteiger partial charge >= 0.3 is 5.97 Å². The predicted molar refractivity (Wildman–Crippen MR) is 113 cm³/mol. The SMILES string of the molecule is C[C@]12CC[C@@H]3c4ccc(O[C@@H]5O[C@H](C(=O)O)[C@@H](O)[C@H](O)[C@H]5O)cc4CC[C@@H]3[C@H]1C[C@@H](O)[C@@H]2O. The minimum Gasteiger partial charge on any atom is -0.479 e. The molecule has 1 heterocycles. The van der Waals surface area contributed by atoms with Gasteiger partial charge in [-0.1, -0.05) is 13.0 Å². The molecule has 11 atom stereocenters. The maximum Gasteiger partial charge on any atom is 0.335 e. The second-order valence-corrected chi connectivity index (χ2v) is 10.4. The molecule has 2 saturated carbocycles. The number of fused-ring (bicyclic) bond motifs is 5. The highest BCUT2D eigenvalue weighted by atomic mass is 16.7. The van der Waals surface area contributed by atoms with Crippen LogP contribution in [0.3, 0.4) is 0 Å². The maximum atomic E-state index is 11.3. The van der Waals surface area contributed by atoms with Gasteiger partial charge in [-0.3, -0.25) is 0 Å². The number of ether oxygens (including phenoxy) is 2. The van der Waals surface area contributed by atoms with E-state index in [4.69, 9.17) is 9.47 Å². The Morgan fingerprint density at radius 3 is 2.58 bits per heavy atom. The molecule has 9 heteroatoms. The second-order valence-electron chi connectivity index (χ2n) is 10.4. The van der Waals surface area contributed by atoms with E-state index < -0.39 is 48.9 Å². The van der Waals surface area contributed by atoms with Crippen molar-refractivity contribution in [1.29, 1.82) is 0 Å². The van der Waals surface area contributed by atoms with E-state index >= 15 is 0 Å². The van der Waals surface area contributed by atoms with Crippen molar-refractivity contribution in [2.45, 2.75) is 87.9 Å². The van der Waals surface area contributed by atoms with Gasteiger partial charge < -0.3 is 40.1 Å². The Hall–Kier alpha value is -1.75. The molecule has 0 bridgehead atoms. The van der Waals surface area contributed by atoms with Crippen molar-refractivity contribution in [3.63, 3.8) is 0 Å². The Bertz CT molecular complexity index is 921. The molecule has 182 valence electrons. The fourth-order valence-electron chi connectivity index (χ4n) is 6.90. The Morgan fingerprint density at radius 2 is 1.85 bits per heavy atom. The number of rotatable bonds is 3. The van der Waals surface area contributed by atoms with Crippen LogP contribution in [0, 0.1) is 17.3 Å². The van der Waals surface area contributed by atoms with Gasteiger partial charge in [0.05, 0.1) is 12.2 Å². The van der Waals surface area contributed by atoms with Gasteiger partial charge in [0.25, 0.3) is 0 Å². The number of aliphatic hydroxyl groups is 5. The average molecular weight is 465 g/mol. The first-order valence-corrected chi connectivity index (χ1v) is 11.7. The number of aliphatic hydroxyl groups excluding tert-OH is 5. The summed E-state index contributed by atoms with van der Waals surface area (Å²) in [4.78, 5) is 11.3. The minimum atomic E-state index is -1.76. The monoisotopic (exact) mass is 464 g/mol. The Labute approximate surface area is 191 Å². The molecule has 0 unspecified atom stereocenters. The van der Waals surface area contributed by atoms with E-state index in [0.717, 1.165) is 31.2 Å². The third-order valence-electron chi connectivity index (χ3n) is 8.74. The fourth-order valence-corrected chi connectivity index (χ4v) is 6.90. The third kappa shape index (κ3) is 3.57. The number of aliphatic carboxylic acids is 1. The highest BCUT2D eigenvalue weighted by Gasteiger charge is 2.57. The molecule has 0 amide bonds. The normalized spacial score (nSPS) is 46.7. The van der Waals surface area contributed by atoms with Crippen molar-refractivity contribution in [3.05, 3.63) is 29.3 Å². The lowest BCUT2D eigenvalue weighted by Crippen LogP contribution is -2.61. The van der Waals surface area contributed by atoms with Gasteiger partial charge in [0, 0.05) is 0 Å². The van der Waals surface area contributed by atoms with Crippen molar-refractivity contribution < 1.29 is 44.9 Å². The Morgan fingerprint density at radius 1 is 1.09 bits per heavy atom. The van der Waals surface area contributed by atoms with Crippen LogP contribution in [0.25, 0.3) is 0 Å². The van der Waals surface area contributed by atoms with Crippen LogP contribution in [-0.4, -0.2) is 79.5 Å². The molecular formula is C24H32O9. The maximum absolute atomic E-state index is 11.3. The number of hydrogen-bond acceptors (Lipinski definition) is 8. The molecular weight excluding hydrogens is 432 g/mol. The predicted octanol–water partition coefficient (Wildman–Crippen LogP) is 0.145. The molecule has 0 aromatic heterocycles. The van der Waals surface area contributed by atoms with Crippen LogP contribution < -0.4 is 4.74 Å². The van der Waals surface area contributed by atoms with Gasteiger partial charge in [-0.25, -0.2) is 4.79 Å². The van der Waals surface area contributed by atoms with Gasteiger partial charge in [0.15, 0.2) is 6.10 Å². The van der Waals surface area contributed by atoms with Crippen molar-refractivity contribution in [2.75, 3.05) is 0 Å². The zero-order valence-corrected chi connectivity index (χ0v) is 18.4. The van der Waals surface area contributed by atoms with Gasteiger partial charge in [-0.05, 0) is 78.5 Å². The number of benzene rings is 1. The third-order valence-corrected chi connectivity index (χ3v) is 8.74. The van der Waals surface area contributed by atoms with Gasteiger partial charge in [-0.2, -0.15) is 0 Å². The highest BCUT2D eigenvalue weighted by Crippen LogP contribution is 2.61. The van der Waals surface area contributed by atoms with Gasteiger partial charge in [-0.15, -0.1) is 0 Å². The number of carboxylic acids is 1. The topological polar surface area (TPSA) is 157 Å². The molecule has 1 aromatic carbocycles. The standard InChI is InChI=1S/C24H32O9/c1-24-7-6-13-12-5-3-11(32-23-19(28)17(26)18(27)20(33-23)22(30)31)8-10(12)2-4-14(13)15(24)9-16(25)21(24)29/h3,5,8,13-21,23,25-29H,2,4,6-7,9H2,1H3,(H,30,31)/t13-,14+,15-,16-,17+,18+,19-,20+,21+,23-,24+/m1/s1. The van der Waals surface area contributed by atoms with Crippen LogP contribution in [0.5, 0.6) is 5.75 Å². The lowest BCUT2D eigenvalue weighted by molar-refractivity contribution is -0.271. The van der Waals surface area contributed by atoms with Crippen molar-refractivity contribution in [2.24, 2.45) is 17.3 Å². The van der Waals surface area contributed by atoms with Gasteiger partial charge in [0.2, 0.25) is 6.29 Å². The first-order chi connectivity index (χ1) is 15.6. The molecule has 3 aliphatic carbocycles. The zero-order valence-electron chi connectivity index (χ0n) is 18.4. The van der Waals surface area contributed by atoms with Crippen LogP contribution in [0.2, 0.25) is 0 Å². The minimum absolute atomic E-state index is 0.248. The molecule has 0 radical (unpaired) electrons. The molecule has 6 N–H and O–H groups in total. The lowest BCUT2D eigenvalue weighted by atomic mass is 9.55. The van der Waals surface area contributed by atoms with Crippen LogP contribution in [0.1, 0.15) is 49.7 Å². The van der Waals surface area contributed by atoms with Crippen molar-refractivity contribution in [3.8, 4) is 5.75 Å². The highest BCUT2D eigenvalue weighted by molar-refractivity contribution is 5.73. The van der Waals surface area contributed by atoms with Crippen molar-refractivity contribution in [1.82, 2.24) is 0 Å². The molecule has 9 nitrogen and oxygen atoms in total. The summed E-state index contributed by atoms with van der Waals surface area (Å²) < 4.78 is 10.9. The van der Waals surface area contributed by atoms with E-state index in [9.17, 15) is 35.4 Å². The zero-order chi connectivity index (χ0) is 23.7. The summed E-state index contributed by atoms with van der Waals surface area (Å²) in [5.74, 6) is -0.0622. The summed E-state index contributed by atoms with van der Waals surface area (Å²) in [6.07, 6.45) is -5.40. The van der Waals surface area contributed by atoms with E-state index in [2.05, 4.69) is 6.92 Å². The molecule has 1 aromatic rings. The summed E-state index contributed by atoms with van der Waals surface area (Å²) in [7, 11) is 0. The molecule has 1 aliphatic heterocycles. The van der Waals surface area contributed by atoms with Gasteiger partial charge in [0.1, 0.15) is 24.1 Å². The van der Waals surface area contributed by atoms with Crippen molar-refractivity contribution >= 4 is 5.97 Å². The number of hydrogen-bond donors (Lipinski definition) is 6. The quantitative estimate of drug-likeness (QED) is 0.366. The lowest BCUT2D eigenvalue weighted by Gasteiger charge is -2.50.